The fraction of sp³-hybridized carbons (Fsp3) is 0.462. The van der Waals surface area contributed by atoms with E-state index >= 15 is 0 Å². The van der Waals surface area contributed by atoms with Crippen molar-refractivity contribution in [3.05, 3.63) is 23.3 Å². The number of sulfonamides is 1. The summed E-state index contributed by atoms with van der Waals surface area (Å²) in [7, 11) is -3.81. The van der Waals surface area contributed by atoms with Crippen molar-refractivity contribution in [1.82, 2.24) is 5.32 Å². The zero-order chi connectivity index (χ0) is 15.6. The molecule has 8 heteroatoms. The third-order valence-electron chi connectivity index (χ3n) is 3.48. The first-order valence-corrected chi connectivity index (χ1v) is 8.11. The van der Waals surface area contributed by atoms with Crippen LogP contribution in [0.15, 0.2) is 17.0 Å². The van der Waals surface area contributed by atoms with E-state index in [1.54, 1.807) is 13.8 Å². The van der Waals surface area contributed by atoms with Gasteiger partial charge in [-0.15, -0.1) is 0 Å². The van der Waals surface area contributed by atoms with Crippen LogP contribution in [0.25, 0.3) is 0 Å². The molecule has 21 heavy (non-hydrogen) atoms. The number of hydrogen-bond donors (Lipinski definition) is 3. The molecule has 0 saturated carbocycles. The molecule has 1 fully saturated rings. The Hall–Kier alpha value is -1.64. The number of benzene rings is 1. The highest BCUT2D eigenvalue weighted by atomic mass is 32.2. The lowest BCUT2D eigenvalue weighted by molar-refractivity contribution is 0.189. The van der Waals surface area contributed by atoms with E-state index in [1.807, 2.05) is 0 Å². The number of carbonyl (C=O) groups excluding carboxylic acids is 1. The quantitative estimate of drug-likeness (QED) is 0.768. The largest absolute Gasteiger partial charge is 0.379 e. The van der Waals surface area contributed by atoms with Crippen LogP contribution < -0.4 is 15.8 Å². The van der Waals surface area contributed by atoms with Gasteiger partial charge in [0.05, 0.1) is 17.5 Å². The average Bonchev–Trinajstić information content (AvgIpc) is 2.86. The third-order valence-corrected chi connectivity index (χ3v) is 4.38. The second-order valence-electron chi connectivity index (χ2n) is 5.12. The van der Waals surface area contributed by atoms with E-state index in [9.17, 15) is 13.2 Å². The van der Waals surface area contributed by atoms with Crippen molar-refractivity contribution in [1.29, 1.82) is 0 Å². The number of urea groups is 1. The molecule has 116 valence electrons. The van der Waals surface area contributed by atoms with Crippen LogP contribution >= 0.6 is 0 Å². The molecule has 0 aromatic heterocycles. The summed E-state index contributed by atoms with van der Waals surface area (Å²) in [6.45, 7) is 4.68. The summed E-state index contributed by atoms with van der Waals surface area (Å²) in [6, 6.07) is 2.44. The van der Waals surface area contributed by atoms with E-state index in [-0.39, 0.29) is 17.0 Å². The van der Waals surface area contributed by atoms with Crippen molar-refractivity contribution in [3.8, 4) is 0 Å². The zero-order valence-electron chi connectivity index (χ0n) is 12.0. The Labute approximate surface area is 123 Å². The summed E-state index contributed by atoms with van der Waals surface area (Å²) in [4.78, 5) is 11.9. The molecule has 0 bridgehead atoms. The van der Waals surface area contributed by atoms with Gasteiger partial charge in [0.1, 0.15) is 0 Å². The topological polar surface area (TPSA) is 111 Å². The van der Waals surface area contributed by atoms with E-state index in [0.29, 0.717) is 18.9 Å². The van der Waals surface area contributed by atoms with Crippen LogP contribution in [0, 0.1) is 13.8 Å². The number of ether oxygens (including phenoxy) is 1. The van der Waals surface area contributed by atoms with E-state index < -0.39 is 10.0 Å². The standard InChI is InChI=1S/C13H19N3O4S/c1-8-5-11(21(14,18)19)6-12(9(8)2)16-13(17)15-10-3-4-20-7-10/h5-6,10H,3-4,7H2,1-2H3,(H2,14,18,19)(H2,15,16,17). The molecule has 1 saturated heterocycles. The van der Waals surface area contributed by atoms with Gasteiger partial charge in [-0.05, 0) is 43.5 Å². The summed E-state index contributed by atoms with van der Waals surface area (Å²) >= 11 is 0. The van der Waals surface area contributed by atoms with Gasteiger partial charge in [0.2, 0.25) is 10.0 Å². The van der Waals surface area contributed by atoms with Crippen LogP contribution in [-0.2, 0) is 14.8 Å². The van der Waals surface area contributed by atoms with Crippen molar-refractivity contribution < 1.29 is 17.9 Å². The van der Waals surface area contributed by atoms with Crippen LogP contribution in [0.1, 0.15) is 17.5 Å². The van der Waals surface area contributed by atoms with Crippen LogP contribution in [-0.4, -0.2) is 33.7 Å². The first-order valence-electron chi connectivity index (χ1n) is 6.56. The Morgan fingerprint density at radius 1 is 1.38 bits per heavy atom. The van der Waals surface area contributed by atoms with Crippen LogP contribution in [0.3, 0.4) is 0 Å². The number of nitrogens with one attached hydrogen (secondary N) is 2. The Morgan fingerprint density at radius 2 is 2.10 bits per heavy atom. The molecular formula is C13H19N3O4S. The van der Waals surface area contributed by atoms with Crippen molar-refractivity contribution in [2.45, 2.75) is 31.2 Å². The van der Waals surface area contributed by atoms with E-state index in [4.69, 9.17) is 9.88 Å². The number of hydrogen-bond acceptors (Lipinski definition) is 4. The Morgan fingerprint density at radius 3 is 2.67 bits per heavy atom. The molecular weight excluding hydrogens is 294 g/mol. The monoisotopic (exact) mass is 313 g/mol. The molecule has 1 atom stereocenters. The molecule has 1 aromatic rings. The lowest BCUT2D eigenvalue weighted by Crippen LogP contribution is -2.38. The van der Waals surface area contributed by atoms with E-state index in [1.165, 1.54) is 12.1 Å². The molecule has 1 heterocycles. The molecule has 2 amide bonds. The van der Waals surface area contributed by atoms with Gasteiger partial charge in [-0.1, -0.05) is 0 Å². The minimum absolute atomic E-state index is 0.0205. The van der Waals surface area contributed by atoms with Crippen LogP contribution in [0.5, 0.6) is 0 Å². The highest BCUT2D eigenvalue weighted by molar-refractivity contribution is 7.89. The summed E-state index contributed by atoms with van der Waals surface area (Å²) < 4.78 is 28.1. The third kappa shape index (κ3) is 3.93. The highest BCUT2D eigenvalue weighted by Gasteiger charge is 2.19. The molecule has 0 spiro atoms. The molecule has 1 aliphatic rings. The maximum Gasteiger partial charge on any atom is 0.319 e. The maximum absolute atomic E-state index is 11.9. The number of rotatable bonds is 3. The first-order chi connectivity index (χ1) is 9.77. The van der Waals surface area contributed by atoms with Gasteiger partial charge in [-0.25, -0.2) is 18.4 Å². The smallest absolute Gasteiger partial charge is 0.319 e. The van der Waals surface area contributed by atoms with Crippen molar-refractivity contribution in [2.75, 3.05) is 18.5 Å². The second-order valence-corrected chi connectivity index (χ2v) is 6.68. The molecule has 2 rings (SSSR count). The SMILES string of the molecule is Cc1cc(S(N)(=O)=O)cc(NC(=O)NC2CCOC2)c1C. The lowest BCUT2D eigenvalue weighted by atomic mass is 10.1. The summed E-state index contributed by atoms with van der Waals surface area (Å²) in [6.07, 6.45) is 0.767. The normalized spacial score (nSPS) is 18.5. The number of primary sulfonamides is 1. The number of amides is 2. The Bertz CT molecular complexity index is 652. The minimum Gasteiger partial charge on any atom is -0.379 e. The molecule has 7 nitrogen and oxygen atoms in total. The molecule has 1 unspecified atom stereocenters. The lowest BCUT2D eigenvalue weighted by Gasteiger charge is -2.15. The van der Waals surface area contributed by atoms with Gasteiger partial charge < -0.3 is 15.4 Å². The molecule has 1 aromatic carbocycles. The van der Waals surface area contributed by atoms with Crippen molar-refractivity contribution in [3.63, 3.8) is 0 Å². The predicted octanol–water partition coefficient (Wildman–Crippen LogP) is 0.861. The maximum atomic E-state index is 11.9. The first kappa shape index (κ1) is 15.7. The van der Waals surface area contributed by atoms with E-state index in [2.05, 4.69) is 10.6 Å². The van der Waals surface area contributed by atoms with Crippen molar-refractivity contribution >= 4 is 21.7 Å². The molecule has 4 N–H and O–H groups in total. The molecule has 0 aliphatic carbocycles. The van der Waals surface area contributed by atoms with E-state index in [0.717, 1.165) is 17.5 Å². The molecule has 0 radical (unpaired) electrons. The summed E-state index contributed by atoms with van der Waals surface area (Å²) in [5.41, 5.74) is 1.96. The van der Waals surface area contributed by atoms with Gasteiger partial charge in [0, 0.05) is 12.3 Å². The highest BCUT2D eigenvalue weighted by Crippen LogP contribution is 2.23. The average molecular weight is 313 g/mol. The fourth-order valence-corrected chi connectivity index (χ4v) is 2.74. The summed E-state index contributed by atoms with van der Waals surface area (Å²) in [5, 5.41) is 10.6. The van der Waals surface area contributed by atoms with Crippen LogP contribution in [0.4, 0.5) is 10.5 Å². The van der Waals surface area contributed by atoms with Gasteiger partial charge in [0.25, 0.3) is 0 Å². The molecule has 1 aliphatic heterocycles. The number of aryl methyl sites for hydroxylation is 1. The van der Waals surface area contributed by atoms with Gasteiger partial charge in [-0.3, -0.25) is 0 Å². The number of anilines is 1. The second kappa shape index (κ2) is 6.00. The summed E-state index contributed by atoms with van der Waals surface area (Å²) in [5.74, 6) is 0. The van der Waals surface area contributed by atoms with Gasteiger partial charge in [0.15, 0.2) is 0 Å². The fourth-order valence-electron chi connectivity index (χ4n) is 2.11. The number of nitrogens with two attached hydrogens (primary N) is 1. The van der Waals surface area contributed by atoms with Gasteiger partial charge >= 0.3 is 6.03 Å². The van der Waals surface area contributed by atoms with Crippen molar-refractivity contribution in [2.24, 2.45) is 5.14 Å². The number of carbonyl (C=O) groups is 1. The van der Waals surface area contributed by atoms with Gasteiger partial charge in [-0.2, -0.15) is 0 Å². The van der Waals surface area contributed by atoms with Crippen LogP contribution in [0.2, 0.25) is 0 Å². The predicted molar refractivity (Wildman–Crippen MR) is 78.7 cm³/mol. The Kier molecular flexibility index (Phi) is 4.50. The zero-order valence-corrected chi connectivity index (χ0v) is 12.8. The minimum atomic E-state index is -3.81. The Balaban J connectivity index is 2.18.